The van der Waals surface area contributed by atoms with Crippen LogP contribution < -0.4 is 5.32 Å². The number of hydrogen-bond donors (Lipinski definition) is 1. The second-order valence-electron chi connectivity index (χ2n) is 5.88. The summed E-state index contributed by atoms with van der Waals surface area (Å²) in [4.78, 5) is 14.3. The van der Waals surface area contributed by atoms with Crippen LogP contribution in [0.1, 0.15) is 24.8 Å². The summed E-state index contributed by atoms with van der Waals surface area (Å²) in [5.74, 6) is 1.67. The average Bonchev–Trinajstić information content (AvgIpc) is 3.00. The Morgan fingerprint density at radius 3 is 2.50 bits per heavy atom. The Morgan fingerprint density at radius 2 is 1.90 bits per heavy atom. The Labute approximate surface area is 119 Å². The van der Waals surface area contributed by atoms with Crippen molar-refractivity contribution in [3.63, 3.8) is 0 Å². The van der Waals surface area contributed by atoms with Gasteiger partial charge in [0.05, 0.1) is 18.2 Å². The molecule has 1 aliphatic heterocycles. The third-order valence-corrected chi connectivity index (χ3v) is 4.47. The minimum atomic E-state index is 0.0367. The van der Waals surface area contributed by atoms with Crippen LogP contribution in [0.5, 0.6) is 0 Å². The summed E-state index contributed by atoms with van der Waals surface area (Å²) in [6.45, 7) is 2.63. The molecule has 0 aromatic heterocycles. The monoisotopic (exact) mass is 269 g/mol. The van der Waals surface area contributed by atoms with Gasteiger partial charge in [0, 0.05) is 18.8 Å². The van der Waals surface area contributed by atoms with Crippen molar-refractivity contribution >= 4 is 11.6 Å². The predicted molar refractivity (Wildman–Crippen MR) is 77.1 cm³/mol. The van der Waals surface area contributed by atoms with Crippen molar-refractivity contribution < 1.29 is 4.79 Å². The number of anilines is 1. The van der Waals surface area contributed by atoms with Crippen LogP contribution in [0.4, 0.5) is 5.69 Å². The van der Waals surface area contributed by atoms with E-state index in [2.05, 4.69) is 16.3 Å². The lowest BCUT2D eigenvalue weighted by molar-refractivity contribution is -0.117. The van der Waals surface area contributed by atoms with Crippen LogP contribution in [-0.2, 0) is 4.79 Å². The largest absolute Gasteiger partial charge is 0.325 e. The molecule has 4 nitrogen and oxygen atoms in total. The third-order valence-electron chi connectivity index (χ3n) is 4.47. The van der Waals surface area contributed by atoms with Crippen molar-refractivity contribution in [1.82, 2.24) is 4.90 Å². The van der Waals surface area contributed by atoms with E-state index < -0.39 is 0 Å². The van der Waals surface area contributed by atoms with Gasteiger partial charge in [0.2, 0.25) is 5.91 Å². The maximum absolute atomic E-state index is 12.0. The Balaban J connectivity index is 1.51. The minimum absolute atomic E-state index is 0.0367. The van der Waals surface area contributed by atoms with E-state index in [9.17, 15) is 4.79 Å². The Kier molecular flexibility index (Phi) is 3.70. The summed E-state index contributed by atoms with van der Waals surface area (Å²) in [7, 11) is 0. The van der Waals surface area contributed by atoms with E-state index in [4.69, 9.17) is 5.26 Å². The minimum Gasteiger partial charge on any atom is -0.325 e. The van der Waals surface area contributed by atoms with Crippen molar-refractivity contribution in [3.8, 4) is 6.07 Å². The Hall–Kier alpha value is -1.86. The van der Waals surface area contributed by atoms with E-state index in [1.165, 1.54) is 19.3 Å². The van der Waals surface area contributed by atoms with Gasteiger partial charge in [-0.25, -0.2) is 0 Å². The lowest BCUT2D eigenvalue weighted by Gasteiger charge is -2.16. The number of likely N-dealkylation sites (tertiary alicyclic amines) is 1. The number of carbonyl (C=O) groups excluding carboxylic acids is 1. The number of nitriles is 1. The van der Waals surface area contributed by atoms with Gasteiger partial charge in [-0.15, -0.1) is 0 Å². The highest BCUT2D eigenvalue weighted by Crippen LogP contribution is 2.37. The van der Waals surface area contributed by atoms with Crippen molar-refractivity contribution in [2.45, 2.75) is 19.3 Å². The van der Waals surface area contributed by atoms with Gasteiger partial charge in [0.15, 0.2) is 0 Å². The van der Waals surface area contributed by atoms with E-state index in [0.29, 0.717) is 12.1 Å². The maximum Gasteiger partial charge on any atom is 0.238 e. The number of benzene rings is 1. The summed E-state index contributed by atoms with van der Waals surface area (Å²) >= 11 is 0. The number of carbonyl (C=O) groups is 1. The van der Waals surface area contributed by atoms with E-state index in [1.807, 2.05) is 0 Å². The van der Waals surface area contributed by atoms with Crippen LogP contribution in [0.2, 0.25) is 0 Å². The first-order valence-electron chi connectivity index (χ1n) is 7.27. The smallest absolute Gasteiger partial charge is 0.238 e. The highest BCUT2D eigenvalue weighted by molar-refractivity contribution is 5.92. The lowest BCUT2D eigenvalue weighted by Crippen LogP contribution is -2.32. The van der Waals surface area contributed by atoms with Gasteiger partial charge in [-0.05, 0) is 48.9 Å². The fraction of sp³-hybridized carbons (Fsp3) is 0.500. The topological polar surface area (TPSA) is 56.1 Å². The Bertz CT molecular complexity index is 520. The average molecular weight is 269 g/mol. The second kappa shape index (κ2) is 5.64. The van der Waals surface area contributed by atoms with Crippen LogP contribution in [0.25, 0.3) is 0 Å². The molecule has 3 rings (SSSR count). The summed E-state index contributed by atoms with van der Waals surface area (Å²) < 4.78 is 0. The fourth-order valence-electron chi connectivity index (χ4n) is 3.49. The van der Waals surface area contributed by atoms with Crippen molar-refractivity contribution in [2.75, 3.05) is 25.0 Å². The molecule has 1 N–H and O–H groups in total. The first-order valence-corrected chi connectivity index (χ1v) is 7.27. The second-order valence-corrected chi connectivity index (χ2v) is 5.88. The molecule has 4 heteroatoms. The quantitative estimate of drug-likeness (QED) is 0.915. The molecule has 1 saturated carbocycles. The van der Waals surface area contributed by atoms with Crippen molar-refractivity contribution in [1.29, 1.82) is 5.26 Å². The highest BCUT2D eigenvalue weighted by atomic mass is 16.2. The fourth-order valence-corrected chi connectivity index (χ4v) is 3.49. The van der Waals surface area contributed by atoms with Crippen molar-refractivity contribution in [3.05, 3.63) is 29.8 Å². The zero-order valence-corrected chi connectivity index (χ0v) is 11.5. The molecule has 2 unspecified atom stereocenters. The van der Waals surface area contributed by atoms with E-state index in [0.717, 1.165) is 30.6 Å². The molecule has 1 amide bonds. The molecule has 1 aromatic carbocycles. The Morgan fingerprint density at radius 1 is 1.25 bits per heavy atom. The first kappa shape index (κ1) is 13.1. The van der Waals surface area contributed by atoms with Gasteiger partial charge >= 0.3 is 0 Å². The summed E-state index contributed by atoms with van der Waals surface area (Å²) in [6, 6.07) is 9.05. The lowest BCUT2D eigenvalue weighted by atomic mass is 10.0. The van der Waals surface area contributed by atoms with Gasteiger partial charge in [-0.1, -0.05) is 6.42 Å². The summed E-state index contributed by atoms with van der Waals surface area (Å²) in [5, 5.41) is 11.6. The number of hydrogen-bond acceptors (Lipinski definition) is 3. The zero-order valence-electron chi connectivity index (χ0n) is 11.5. The van der Waals surface area contributed by atoms with Crippen LogP contribution in [0.3, 0.4) is 0 Å². The van der Waals surface area contributed by atoms with Gasteiger partial charge in [-0.2, -0.15) is 5.26 Å². The molecule has 2 aliphatic rings. The number of nitrogens with one attached hydrogen (secondary N) is 1. The van der Waals surface area contributed by atoms with Crippen LogP contribution >= 0.6 is 0 Å². The standard InChI is InChI=1S/C16H19N3O/c17-8-12-4-6-15(7-5-12)18-16(20)11-19-9-13-2-1-3-14(13)10-19/h4-7,13-14H,1-3,9-11H2,(H,18,20). The van der Waals surface area contributed by atoms with Crippen LogP contribution in [0.15, 0.2) is 24.3 Å². The number of nitrogens with zero attached hydrogens (tertiary/aromatic N) is 2. The molecule has 1 aliphatic carbocycles. The molecule has 1 saturated heterocycles. The van der Waals surface area contributed by atoms with E-state index in [1.54, 1.807) is 24.3 Å². The molecule has 1 aromatic rings. The number of amides is 1. The zero-order chi connectivity index (χ0) is 13.9. The summed E-state index contributed by atoms with van der Waals surface area (Å²) in [6.07, 6.45) is 4.03. The SMILES string of the molecule is N#Cc1ccc(NC(=O)CN2CC3CCCC3C2)cc1. The normalized spacial score (nSPS) is 25.1. The molecular weight excluding hydrogens is 250 g/mol. The molecule has 104 valence electrons. The molecule has 0 radical (unpaired) electrons. The summed E-state index contributed by atoms with van der Waals surface area (Å²) in [5.41, 5.74) is 1.36. The predicted octanol–water partition coefficient (Wildman–Crippen LogP) is 2.23. The maximum atomic E-state index is 12.0. The molecule has 20 heavy (non-hydrogen) atoms. The van der Waals surface area contributed by atoms with Gasteiger partial charge < -0.3 is 5.32 Å². The molecular formula is C16H19N3O. The molecule has 0 bridgehead atoms. The van der Waals surface area contributed by atoms with Crippen LogP contribution in [-0.4, -0.2) is 30.4 Å². The van der Waals surface area contributed by atoms with Gasteiger partial charge in [-0.3, -0.25) is 9.69 Å². The number of rotatable bonds is 3. The first-order chi connectivity index (χ1) is 9.74. The van der Waals surface area contributed by atoms with Gasteiger partial charge in [0.1, 0.15) is 0 Å². The third kappa shape index (κ3) is 2.83. The molecule has 2 atom stereocenters. The van der Waals surface area contributed by atoms with Crippen molar-refractivity contribution in [2.24, 2.45) is 11.8 Å². The van der Waals surface area contributed by atoms with Gasteiger partial charge in [0.25, 0.3) is 0 Å². The van der Waals surface area contributed by atoms with E-state index >= 15 is 0 Å². The molecule has 1 heterocycles. The molecule has 2 fully saturated rings. The molecule has 0 spiro atoms. The highest BCUT2D eigenvalue weighted by Gasteiger charge is 2.36. The number of fused-ring (bicyclic) bond motifs is 1. The van der Waals surface area contributed by atoms with Crippen LogP contribution in [0, 0.1) is 23.2 Å². The van der Waals surface area contributed by atoms with E-state index in [-0.39, 0.29) is 5.91 Å².